The van der Waals surface area contributed by atoms with Crippen LogP contribution in [0, 0.1) is 0 Å². The Morgan fingerprint density at radius 2 is 2.15 bits per heavy atom. The minimum atomic E-state index is -3.71. The van der Waals surface area contributed by atoms with E-state index in [1.54, 1.807) is 0 Å². The first-order valence-corrected chi connectivity index (χ1v) is 9.76. The number of fused-ring (bicyclic) bond motifs is 1. The van der Waals surface area contributed by atoms with Crippen LogP contribution in [0.2, 0.25) is 0 Å². The van der Waals surface area contributed by atoms with Gasteiger partial charge in [-0.15, -0.1) is 0 Å². The average molecular weight is 395 g/mol. The Hall–Kier alpha value is -3.06. The molecule has 0 aliphatic carbocycles. The lowest BCUT2D eigenvalue weighted by molar-refractivity contribution is 0.155. The highest BCUT2D eigenvalue weighted by Crippen LogP contribution is 2.07. The molecule has 3 heterocycles. The molecule has 0 amide bonds. The first-order valence-electron chi connectivity index (χ1n) is 7.86. The van der Waals surface area contributed by atoms with Crippen LogP contribution >= 0.6 is 0 Å². The van der Waals surface area contributed by atoms with E-state index in [9.17, 15) is 18.3 Å². The molecule has 12 nitrogen and oxygen atoms in total. The third-order valence-corrected chi connectivity index (χ3v) is 4.26. The second kappa shape index (κ2) is 7.28. The molecule has 0 radical (unpaired) electrons. The number of H-pyrrole nitrogens is 2. The summed E-state index contributed by atoms with van der Waals surface area (Å²) in [5, 5.41) is 13.8. The monoisotopic (exact) mass is 395 g/mol. The average Bonchev–Trinajstić information content (AvgIpc) is 3.14. The molecule has 3 aromatic heterocycles. The number of nitrogens with one attached hydrogen (secondary N) is 2. The lowest BCUT2D eigenvalue weighted by atomic mass is 10.3. The summed E-state index contributed by atoms with van der Waals surface area (Å²) < 4.78 is 30.3. The first-order chi connectivity index (χ1) is 12.8. The predicted octanol–water partition coefficient (Wildman–Crippen LogP) is -2.27. The third kappa shape index (κ3) is 4.03. The fourth-order valence-corrected chi connectivity index (χ4v) is 2.73. The number of rotatable bonds is 6. The van der Waals surface area contributed by atoms with Gasteiger partial charge in [-0.1, -0.05) is 0 Å². The van der Waals surface area contributed by atoms with Crippen LogP contribution in [0.15, 0.2) is 21.1 Å². The third-order valence-electron chi connectivity index (χ3n) is 3.42. The molecule has 0 saturated carbocycles. The maximum absolute atomic E-state index is 11.9. The molecule has 27 heavy (non-hydrogen) atoms. The summed E-state index contributed by atoms with van der Waals surface area (Å²) in [5.74, 6) is -0.363. The van der Waals surface area contributed by atoms with Crippen LogP contribution in [0.1, 0.15) is 12.6 Å². The topological polar surface area (TPSA) is 168 Å². The Bertz CT molecular complexity index is 1260. The second-order valence-electron chi connectivity index (χ2n) is 5.48. The molecule has 0 aromatic carbocycles. The molecule has 0 saturated heterocycles. The molecule has 0 aliphatic heterocycles. The molecule has 0 bridgehead atoms. The normalized spacial score (nSPS) is 13.7. The maximum Gasteiger partial charge on any atom is 0.326 e. The Labute approximate surface area is 152 Å². The summed E-state index contributed by atoms with van der Waals surface area (Å²) in [6, 6.07) is 0. The Morgan fingerprint density at radius 3 is 2.78 bits per heavy atom. The zero-order valence-corrected chi connectivity index (χ0v) is 15.3. The van der Waals surface area contributed by atoms with Gasteiger partial charge in [-0.3, -0.25) is 4.98 Å². The number of nitrogens with zero attached hydrogens (tertiary/aromatic N) is 5. The van der Waals surface area contributed by atoms with E-state index < -0.39 is 20.7 Å². The Kier molecular flexibility index (Phi) is 5.05. The molecular formula is C14H17N7O5S. The first kappa shape index (κ1) is 18.7. The minimum absolute atomic E-state index is 0.0477. The fraction of sp³-hybridized carbons (Fsp3) is 0.357. The lowest BCUT2D eigenvalue weighted by Crippen LogP contribution is -2.26. The number of hydrogen-bond donors (Lipinski definition) is 3. The number of imidazole rings is 1. The van der Waals surface area contributed by atoms with Crippen LogP contribution in [0.5, 0.6) is 5.88 Å². The van der Waals surface area contributed by atoms with Gasteiger partial charge in [0.2, 0.25) is 15.7 Å². The highest BCUT2D eigenvalue weighted by Gasteiger charge is 2.15. The van der Waals surface area contributed by atoms with E-state index in [4.69, 9.17) is 4.74 Å². The predicted molar refractivity (Wildman–Crippen MR) is 92.7 cm³/mol. The van der Waals surface area contributed by atoms with Gasteiger partial charge in [0, 0.05) is 18.1 Å². The van der Waals surface area contributed by atoms with Gasteiger partial charge < -0.3 is 14.8 Å². The SMILES string of the molecule is CCOCCN=c1nc(S(C)(=O)=O)nc2c(=Cc3[nH]c(=O)[nH]c3O)cnn12. The van der Waals surface area contributed by atoms with Crippen molar-refractivity contribution in [3.63, 3.8) is 0 Å². The number of hydrogen-bond acceptors (Lipinski definition) is 9. The standard InChI is InChI=1S/C14H17N7O5S/c1-3-26-5-4-15-12-20-14(27(2,24)25)18-10-8(7-16-21(10)12)6-9-11(22)19-13(23)17-9/h6-7,22H,3-5H2,1-2H3,(H2,17,19,23). The summed E-state index contributed by atoms with van der Waals surface area (Å²) in [6.45, 7) is 2.98. The van der Waals surface area contributed by atoms with Gasteiger partial charge in [0.25, 0.3) is 10.8 Å². The molecular weight excluding hydrogens is 378 g/mol. The quantitative estimate of drug-likeness (QED) is 0.393. The summed E-state index contributed by atoms with van der Waals surface area (Å²) in [6.07, 6.45) is 3.78. The van der Waals surface area contributed by atoms with Gasteiger partial charge in [0.1, 0.15) is 5.69 Å². The Morgan fingerprint density at radius 1 is 1.37 bits per heavy atom. The van der Waals surface area contributed by atoms with E-state index in [2.05, 4.69) is 30.0 Å². The zero-order chi connectivity index (χ0) is 19.6. The van der Waals surface area contributed by atoms with Gasteiger partial charge >= 0.3 is 5.69 Å². The summed E-state index contributed by atoms with van der Waals surface area (Å²) in [4.78, 5) is 28.1. The van der Waals surface area contributed by atoms with Crippen LogP contribution in [-0.2, 0) is 14.6 Å². The molecule has 0 spiro atoms. The van der Waals surface area contributed by atoms with E-state index >= 15 is 0 Å². The zero-order valence-electron chi connectivity index (χ0n) is 14.5. The van der Waals surface area contributed by atoms with Crippen LogP contribution in [0.3, 0.4) is 0 Å². The van der Waals surface area contributed by atoms with E-state index in [1.807, 2.05) is 6.92 Å². The molecule has 13 heteroatoms. The van der Waals surface area contributed by atoms with Crippen LogP contribution < -0.4 is 16.5 Å². The highest BCUT2D eigenvalue weighted by molar-refractivity contribution is 7.90. The van der Waals surface area contributed by atoms with Crippen LogP contribution in [0.25, 0.3) is 11.7 Å². The summed E-state index contributed by atoms with van der Waals surface area (Å²) in [7, 11) is -3.71. The van der Waals surface area contributed by atoms with Gasteiger partial charge in [0.15, 0.2) is 5.65 Å². The van der Waals surface area contributed by atoms with Crippen molar-refractivity contribution in [3.05, 3.63) is 33.2 Å². The molecule has 0 fully saturated rings. The van der Waals surface area contributed by atoms with Gasteiger partial charge in [-0.05, 0) is 13.0 Å². The number of sulfone groups is 1. The van der Waals surface area contributed by atoms with Gasteiger partial charge in [-0.2, -0.15) is 19.6 Å². The second-order valence-corrected chi connectivity index (χ2v) is 7.39. The van der Waals surface area contributed by atoms with E-state index in [0.29, 0.717) is 18.4 Å². The van der Waals surface area contributed by atoms with Crippen molar-refractivity contribution in [2.75, 3.05) is 26.0 Å². The molecule has 0 unspecified atom stereocenters. The smallest absolute Gasteiger partial charge is 0.326 e. The summed E-state index contributed by atoms with van der Waals surface area (Å²) in [5.41, 5.74) is -0.286. The van der Waals surface area contributed by atoms with Crippen molar-refractivity contribution in [3.8, 4) is 5.88 Å². The van der Waals surface area contributed by atoms with Crippen molar-refractivity contribution in [2.24, 2.45) is 4.99 Å². The van der Waals surface area contributed by atoms with Crippen molar-refractivity contribution >= 4 is 21.6 Å². The number of aromatic hydroxyl groups is 1. The van der Waals surface area contributed by atoms with Crippen molar-refractivity contribution in [1.29, 1.82) is 0 Å². The van der Waals surface area contributed by atoms with E-state index in [1.165, 1.54) is 16.8 Å². The maximum atomic E-state index is 11.9. The Balaban J connectivity index is 2.24. The highest BCUT2D eigenvalue weighted by atomic mass is 32.2. The molecule has 3 aromatic rings. The largest absolute Gasteiger partial charge is 0.493 e. The molecule has 0 atom stereocenters. The lowest BCUT2D eigenvalue weighted by Gasteiger charge is -2.00. The van der Waals surface area contributed by atoms with Crippen molar-refractivity contribution < 1.29 is 18.3 Å². The van der Waals surface area contributed by atoms with Gasteiger partial charge in [-0.25, -0.2) is 18.2 Å². The van der Waals surface area contributed by atoms with Gasteiger partial charge in [0.05, 0.1) is 19.3 Å². The molecule has 3 N–H and O–H groups in total. The van der Waals surface area contributed by atoms with E-state index in [0.717, 1.165) is 6.26 Å². The van der Waals surface area contributed by atoms with Crippen molar-refractivity contribution in [1.82, 2.24) is 29.5 Å². The minimum Gasteiger partial charge on any atom is -0.493 e. The van der Waals surface area contributed by atoms with Crippen molar-refractivity contribution in [2.45, 2.75) is 12.1 Å². The van der Waals surface area contributed by atoms with Crippen LogP contribution in [-0.4, -0.2) is 69.1 Å². The fourth-order valence-electron chi connectivity index (χ4n) is 2.23. The number of ether oxygens (including phenoxy) is 1. The summed E-state index contributed by atoms with van der Waals surface area (Å²) >= 11 is 0. The molecule has 144 valence electrons. The molecule has 3 rings (SSSR count). The van der Waals surface area contributed by atoms with Crippen LogP contribution in [0.4, 0.5) is 0 Å². The number of aromatic amines is 2. The number of aromatic nitrogens is 6. The van der Waals surface area contributed by atoms with E-state index in [-0.39, 0.29) is 29.4 Å². The molecule has 0 aliphatic rings.